The number of rotatable bonds is 3. The number of hydrogen-bond donors (Lipinski definition) is 0. The number of nitrogens with zero attached hydrogens (tertiary/aromatic N) is 5. The number of aromatic nitrogens is 4. The van der Waals surface area contributed by atoms with Crippen LogP contribution in [-0.4, -0.2) is 43.6 Å². The Morgan fingerprint density at radius 2 is 2.12 bits per heavy atom. The van der Waals surface area contributed by atoms with Gasteiger partial charge in [-0.15, -0.1) is 0 Å². The molecule has 0 aliphatic carbocycles. The van der Waals surface area contributed by atoms with Crippen LogP contribution < -0.4 is 0 Å². The van der Waals surface area contributed by atoms with E-state index in [1.807, 2.05) is 45.0 Å². The van der Waals surface area contributed by atoms with Crippen molar-refractivity contribution in [2.24, 2.45) is 18.4 Å². The van der Waals surface area contributed by atoms with Crippen LogP contribution in [0.3, 0.4) is 0 Å². The predicted octanol–water partition coefficient (Wildman–Crippen LogP) is 2.70. The first kappa shape index (κ1) is 17.6. The largest absolute Gasteiger partial charge is 0.342 e. The minimum absolute atomic E-state index is 0.243. The molecule has 3 heterocycles. The smallest absolute Gasteiger partial charge is 0.227 e. The maximum absolute atomic E-state index is 12.6. The van der Waals surface area contributed by atoms with Gasteiger partial charge in [-0.3, -0.25) is 14.5 Å². The Morgan fingerprint density at radius 3 is 2.80 bits per heavy atom. The van der Waals surface area contributed by atoms with Crippen molar-refractivity contribution >= 4 is 5.91 Å². The zero-order valence-electron chi connectivity index (χ0n) is 15.6. The molecule has 0 aromatic carbocycles. The molecule has 6 nitrogen and oxygen atoms in total. The topological polar surface area (TPSA) is 63.9 Å². The number of amides is 1. The van der Waals surface area contributed by atoms with E-state index in [1.165, 1.54) is 0 Å². The molecule has 0 unspecified atom stereocenters. The van der Waals surface area contributed by atoms with E-state index < -0.39 is 0 Å². The van der Waals surface area contributed by atoms with Gasteiger partial charge in [-0.1, -0.05) is 20.8 Å². The van der Waals surface area contributed by atoms with Gasteiger partial charge in [-0.05, 0) is 31.2 Å². The van der Waals surface area contributed by atoms with Gasteiger partial charge in [0.05, 0.1) is 17.6 Å². The molecule has 1 saturated heterocycles. The third kappa shape index (κ3) is 4.06. The highest BCUT2D eigenvalue weighted by Gasteiger charge is 2.31. The summed E-state index contributed by atoms with van der Waals surface area (Å²) in [5.41, 5.74) is 2.47. The molecule has 1 aliphatic rings. The van der Waals surface area contributed by atoms with Crippen molar-refractivity contribution in [2.45, 2.75) is 40.0 Å². The van der Waals surface area contributed by atoms with Crippen molar-refractivity contribution in [1.82, 2.24) is 24.6 Å². The Labute approximate surface area is 149 Å². The van der Waals surface area contributed by atoms with E-state index in [2.05, 4.69) is 10.1 Å². The first-order chi connectivity index (χ1) is 11.8. The molecule has 25 heavy (non-hydrogen) atoms. The van der Waals surface area contributed by atoms with Crippen LogP contribution in [-0.2, 0) is 18.3 Å². The number of carbonyl (C=O) groups excluding carboxylic acids is 1. The molecule has 0 bridgehead atoms. The Morgan fingerprint density at radius 1 is 1.32 bits per heavy atom. The van der Waals surface area contributed by atoms with Crippen molar-refractivity contribution in [1.29, 1.82) is 0 Å². The molecule has 1 aliphatic heterocycles. The molecule has 1 amide bonds. The Kier molecular flexibility index (Phi) is 4.88. The molecule has 1 atom stereocenters. The van der Waals surface area contributed by atoms with Gasteiger partial charge in [-0.25, -0.2) is 4.98 Å². The Bertz CT molecular complexity index is 746. The molecular formula is C19H27N5O. The second-order valence-corrected chi connectivity index (χ2v) is 7.95. The first-order valence-electron chi connectivity index (χ1n) is 8.93. The lowest BCUT2D eigenvalue weighted by Gasteiger charge is -2.36. The second-order valence-electron chi connectivity index (χ2n) is 7.95. The molecule has 0 radical (unpaired) electrons. The summed E-state index contributed by atoms with van der Waals surface area (Å²) >= 11 is 0. The van der Waals surface area contributed by atoms with Crippen LogP contribution in [0.1, 0.15) is 39.3 Å². The second kappa shape index (κ2) is 6.94. The molecule has 6 heteroatoms. The molecule has 134 valence electrons. The number of aryl methyl sites for hydroxylation is 1. The molecule has 1 fully saturated rings. The van der Waals surface area contributed by atoms with Crippen LogP contribution in [0.15, 0.2) is 24.7 Å². The number of hydrogen-bond acceptors (Lipinski definition) is 4. The van der Waals surface area contributed by atoms with E-state index in [9.17, 15) is 4.79 Å². The zero-order valence-corrected chi connectivity index (χ0v) is 15.6. The normalized spacial score (nSPS) is 18.4. The van der Waals surface area contributed by atoms with E-state index in [4.69, 9.17) is 4.98 Å². The van der Waals surface area contributed by atoms with Crippen molar-refractivity contribution in [3.05, 3.63) is 30.4 Å². The third-order valence-electron chi connectivity index (χ3n) is 4.71. The summed E-state index contributed by atoms with van der Waals surface area (Å²) in [6, 6.07) is 1.94. The summed E-state index contributed by atoms with van der Waals surface area (Å²) in [6.07, 6.45) is 8.42. The van der Waals surface area contributed by atoms with Gasteiger partial charge in [0.25, 0.3) is 0 Å². The Balaban J connectivity index is 1.70. The van der Waals surface area contributed by atoms with Crippen molar-refractivity contribution < 1.29 is 4.79 Å². The highest BCUT2D eigenvalue weighted by molar-refractivity contribution is 5.81. The lowest BCUT2D eigenvalue weighted by molar-refractivity contribution is -0.141. The third-order valence-corrected chi connectivity index (χ3v) is 4.71. The van der Waals surface area contributed by atoms with E-state index in [1.54, 1.807) is 17.1 Å². The van der Waals surface area contributed by atoms with Crippen molar-refractivity contribution in [3.8, 4) is 11.4 Å². The molecule has 3 rings (SSSR count). The van der Waals surface area contributed by atoms with Crippen LogP contribution in [0.4, 0.5) is 0 Å². The van der Waals surface area contributed by atoms with E-state index in [-0.39, 0.29) is 11.3 Å². The van der Waals surface area contributed by atoms with Crippen LogP contribution in [0.5, 0.6) is 0 Å². The number of piperidine rings is 1. The summed E-state index contributed by atoms with van der Waals surface area (Å²) in [6.45, 7) is 7.65. The molecule has 0 saturated carbocycles. The molecule has 0 N–H and O–H groups in total. The van der Waals surface area contributed by atoms with Crippen LogP contribution in [0, 0.1) is 11.3 Å². The van der Waals surface area contributed by atoms with E-state index >= 15 is 0 Å². The van der Waals surface area contributed by atoms with Gasteiger partial charge in [0, 0.05) is 37.9 Å². The lowest BCUT2D eigenvalue weighted by atomic mass is 9.89. The summed E-state index contributed by atoms with van der Waals surface area (Å²) in [7, 11) is 1.90. The van der Waals surface area contributed by atoms with E-state index in [0.29, 0.717) is 5.92 Å². The fourth-order valence-electron chi connectivity index (χ4n) is 3.44. The Hall–Kier alpha value is -2.24. The average Bonchev–Trinajstić information content (AvgIpc) is 3.00. The molecule has 2 aromatic rings. The maximum atomic E-state index is 12.6. The highest BCUT2D eigenvalue weighted by Crippen LogP contribution is 2.25. The van der Waals surface area contributed by atoms with E-state index in [0.717, 1.165) is 49.4 Å². The van der Waals surface area contributed by atoms with Gasteiger partial charge in [0.1, 0.15) is 5.69 Å². The standard InChI is InChI=1S/C19H27N5O/c1-19(2,3)18(25)24-9-5-6-14(13-24)10-15-11-20-12-16(22-15)17-7-8-21-23(17)4/h7-8,11-12,14H,5-6,9-10,13H2,1-4H3/t14-/m0/s1. The lowest BCUT2D eigenvalue weighted by Crippen LogP contribution is -2.45. The highest BCUT2D eigenvalue weighted by atomic mass is 16.2. The minimum atomic E-state index is -0.318. The summed E-state index contributed by atoms with van der Waals surface area (Å²) in [5, 5.41) is 4.20. The predicted molar refractivity (Wildman–Crippen MR) is 96.7 cm³/mol. The quantitative estimate of drug-likeness (QED) is 0.861. The minimum Gasteiger partial charge on any atom is -0.342 e. The van der Waals surface area contributed by atoms with Crippen molar-refractivity contribution in [3.63, 3.8) is 0 Å². The summed E-state index contributed by atoms with van der Waals surface area (Å²) in [4.78, 5) is 23.7. The molecular weight excluding hydrogens is 314 g/mol. The zero-order chi connectivity index (χ0) is 18.0. The van der Waals surface area contributed by atoms with Crippen LogP contribution in [0.2, 0.25) is 0 Å². The maximum Gasteiger partial charge on any atom is 0.227 e. The average molecular weight is 341 g/mol. The van der Waals surface area contributed by atoms with Gasteiger partial charge in [0.2, 0.25) is 5.91 Å². The van der Waals surface area contributed by atoms with Gasteiger partial charge >= 0.3 is 0 Å². The van der Waals surface area contributed by atoms with Crippen LogP contribution >= 0.6 is 0 Å². The van der Waals surface area contributed by atoms with Gasteiger partial charge < -0.3 is 4.90 Å². The van der Waals surface area contributed by atoms with Crippen LogP contribution in [0.25, 0.3) is 11.4 Å². The number of carbonyl (C=O) groups is 1. The van der Waals surface area contributed by atoms with Gasteiger partial charge in [0.15, 0.2) is 0 Å². The summed E-state index contributed by atoms with van der Waals surface area (Å²) in [5.74, 6) is 0.683. The van der Waals surface area contributed by atoms with Crippen molar-refractivity contribution in [2.75, 3.05) is 13.1 Å². The monoisotopic (exact) mass is 341 g/mol. The summed E-state index contributed by atoms with van der Waals surface area (Å²) < 4.78 is 1.80. The number of likely N-dealkylation sites (tertiary alicyclic amines) is 1. The molecule has 0 spiro atoms. The fourth-order valence-corrected chi connectivity index (χ4v) is 3.44. The SMILES string of the molecule is Cn1nccc1-c1cncc(C[C@@H]2CCCN(C(=O)C(C)(C)C)C2)n1. The molecule has 2 aromatic heterocycles. The fraction of sp³-hybridized carbons (Fsp3) is 0.579. The van der Waals surface area contributed by atoms with Gasteiger partial charge in [-0.2, -0.15) is 5.10 Å². The first-order valence-corrected chi connectivity index (χ1v) is 8.93.